The summed E-state index contributed by atoms with van der Waals surface area (Å²) in [5, 5.41) is 3.63. The Morgan fingerprint density at radius 1 is 1.60 bits per heavy atom. The van der Waals surface area contributed by atoms with E-state index in [2.05, 4.69) is 29.1 Å². The van der Waals surface area contributed by atoms with Crippen molar-refractivity contribution >= 4 is 0 Å². The summed E-state index contributed by atoms with van der Waals surface area (Å²) in [5.41, 5.74) is 1.64. The lowest BCUT2D eigenvalue weighted by molar-refractivity contribution is 0.282. The molecule has 0 aromatic carbocycles. The molecule has 1 aromatic heterocycles. The minimum atomic E-state index is 0.453. The van der Waals surface area contributed by atoms with Gasteiger partial charge >= 0.3 is 0 Å². The predicted octanol–water partition coefficient (Wildman–Crippen LogP) is 2.39. The fraction of sp³-hybridized carbons (Fsp3) is 0.750. The van der Waals surface area contributed by atoms with E-state index < -0.39 is 0 Å². The zero-order chi connectivity index (χ0) is 10.9. The van der Waals surface area contributed by atoms with Crippen LogP contribution in [0.3, 0.4) is 0 Å². The molecule has 1 atom stereocenters. The first kappa shape index (κ1) is 10.7. The lowest BCUT2D eigenvalue weighted by Crippen LogP contribution is -2.37. The van der Waals surface area contributed by atoms with Crippen LogP contribution in [0.4, 0.5) is 0 Å². The molecule has 0 amide bonds. The molecule has 0 aliphatic heterocycles. The van der Waals surface area contributed by atoms with E-state index in [1.54, 1.807) is 0 Å². The number of H-pyrrole nitrogens is 1. The smallest absolute Gasteiger partial charge is 0.103 e. The van der Waals surface area contributed by atoms with Gasteiger partial charge in [-0.05, 0) is 25.2 Å². The maximum Gasteiger partial charge on any atom is 0.103 e. The molecule has 2 N–H and O–H groups in total. The summed E-state index contributed by atoms with van der Waals surface area (Å²) in [6, 6.07) is 0.654. The Morgan fingerprint density at radius 3 is 2.93 bits per heavy atom. The molecular weight excluding hydrogens is 186 g/mol. The van der Waals surface area contributed by atoms with Crippen LogP contribution in [0.2, 0.25) is 0 Å². The molecule has 15 heavy (non-hydrogen) atoms. The van der Waals surface area contributed by atoms with Gasteiger partial charge in [-0.25, -0.2) is 4.98 Å². The van der Waals surface area contributed by atoms with Gasteiger partial charge in [-0.2, -0.15) is 0 Å². The Bertz CT molecular complexity index is 327. The SMILES string of the molecule is Cc1ncc(CNC2CCCC2(C)C)[nH]1. The zero-order valence-corrected chi connectivity index (χ0v) is 9.93. The highest BCUT2D eigenvalue weighted by molar-refractivity contribution is 5.01. The van der Waals surface area contributed by atoms with E-state index in [1.807, 2.05) is 13.1 Å². The van der Waals surface area contributed by atoms with Gasteiger partial charge in [0.1, 0.15) is 5.82 Å². The van der Waals surface area contributed by atoms with Gasteiger partial charge in [-0.15, -0.1) is 0 Å². The van der Waals surface area contributed by atoms with Crippen LogP contribution in [0, 0.1) is 12.3 Å². The first-order chi connectivity index (χ1) is 7.08. The third-order valence-corrected chi connectivity index (χ3v) is 3.55. The number of aryl methyl sites for hydroxylation is 1. The van der Waals surface area contributed by atoms with Gasteiger partial charge in [0, 0.05) is 24.5 Å². The molecule has 2 rings (SSSR count). The molecule has 0 radical (unpaired) electrons. The summed E-state index contributed by atoms with van der Waals surface area (Å²) < 4.78 is 0. The summed E-state index contributed by atoms with van der Waals surface area (Å²) in [6.45, 7) is 7.61. The first-order valence-corrected chi connectivity index (χ1v) is 5.82. The van der Waals surface area contributed by atoms with Crippen LogP contribution in [0.1, 0.15) is 44.6 Å². The van der Waals surface area contributed by atoms with Crippen molar-refractivity contribution in [3.8, 4) is 0 Å². The fourth-order valence-electron chi connectivity index (χ4n) is 2.50. The molecule has 0 spiro atoms. The molecule has 3 heteroatoms. The highest BCUT2D eigenvalue weighted by Crippen LogP contribution is 2.37. The van der Waals surface area contributed by atoms with Crippen molar-refractivity contribution < 1.29 is 0 Å². The maximum absolute atomic E-state index is 4.20. The quantitative estimate of drug-likeness (QED) is 0.799. The number of hydrogen-bond acceptors (Lipinski definition) is 2. The number of nitrogens with one attached hydrogen (secondary N) is 2. The van der Waals surface area contributed by atoms with Crippen LogP contribution in [-0.2, 0) is 6.54 Å². The van der Waals surface area contributed by atoms with Crippen molar-refractivity contribution in [2.75, 3.05) is 0 Å². The fourth-order valence-corrected chi connectivity index (χ4v) is 2.50. The number of hydrogen-bond donors (Lipinski definition) is 2. The van der Waals surface area contributed by atoms with Crippen LogP contribution in [0.15, 0.2) is 6.20 Å². The molecular formula is C12H21N3. The largest absolute Gasteiger partial charge is 0.345 e. The number of aromatic nitrogens is 2. The molecule has 1 fully saturated rings. The predicted molar refractivity (Wildman–Crippen MR) is 61.6 cm³/mol. The molecule has 84 valence electrons. The van der Waals surface area contributed by atoms with Crippen LogP contribution in [0.5, 0.6) is 0 Å². The highest BCUT2D eigenvalue weighted by atomic mass is 15.0. The van der Waals surface area contributed by atoms with Crippen LogP contribution >= 0.6 is 0 Å². The second kappa shape index (κ2) is 3.97. The van der Waals surface area contributed by atoms with Gasteiger partial charge in [0.2, 0.25) is 0 Å². The summed E-state index contributed by atoms with van der Waals surface area (Å²) >= 11 is 0. The van der Waals surface area contributed by atoms with Crippen molar-refractivity contribution in [3.05, 3.63) is 17.7 Å². The molecule has 1 aliphatic rings. The molecule has 1 heterocycles. The second-order valence-electron chi connectivity index (χ2n) is 5.31. The average Bonchev–Trinajstić information content (AvgIpc) is 2.69. The molecule has 1 aliphatic carbocycles. The Hall–Kier alpha value is -0.830. The van der Waals surface area contributed by atoms with Gasteiger partial charge in [0.05, 0.1) is 0 Å². The minimum Gasteiger partial charge on any atom is -0.345 e. The van der Waals surface area contributed by atoms with Gasteiger partial charge < -0.3 is 10.3 Å². The van der Waals surface area contributed by atoms with Crippen molar-refractivity contribution in [2.45, 2.75) is 52.6 Å². The third-order valence-electron chi connectivity index (χ3n) is 3.55. The third kappa shape index (κ3) is 2.40. The second-order valence-corrected chi connectivity index (χ2v) is 5.31. The maximum atomic E-state index is 4.20. The van der Waals surface area contributed by atoms with E-state index >= 15 is 0 Å². The van der Waals surface area contributed by atoms with Crippen LogP contribution in [-0.4, -0.2) is 16.0 Å². The Balaban J connectivity index is 1.88. The molecule has 1 saturated carbocycles. The Morgan fingerprint density at radius 2 is 2.40 bits per heavy atom. The summed E-state index contributed by atoms with van der Waals surface area (Å²) in [7, 11) is 0. The monoisotopic (exact) mass is 207 g/mol. The molecule has 1 aromatic rings. The molecule has 3 nitrogen and oxygen atoms in total. The number of rotatable bonds is 3. The van der Waals surface area contributed by atoms with E-state index in [4.69, 9.17) is 0 Å². The normalized spacial score (nSPS) is 24.6. The first-order valence-electron chi connectivity index (χ1n) is 5.82. The average molecular weight is 207 g/mol. The van der Waals surface area contributed by atoms with Crippen molar-refractivity contribution in [2.24, 2.45) is 5.41 Å². The van der Waals surface area contributed by atoms with E-state index in [0.717, 1.165) is 12.4 Å². The molecule has 1 unspecified atom stereocenters. The summed E-state index contributed by atoms with van der Waals surface area (Å²) in [5.74, 6) is 0.998. The number of nitrogens with zero attached hydrogens (tertiary/aromatic N) is 1. The Labute approximate surface area is 91.7 Å². The van der Waals surface area contributed by atoms with E-state index in [0.29, 0.717) is 11.5 Å². The Kier molecular flexibility index (Phi) is 2.83. The van der Waals surface area contributed by atoms with Crippen molar-refractivity contribution in [1.82, 2.24) is 15.3 Å². The van der Waals surface area contributed by atoms with Gasteiger partial charge in [0.25, 0.3) is 0 Å². The van der Waals surface area contributed by atoms with E-state index in [-0.39, 0.29) is 0 Å². The van der Waals surface area contributed by atoms with Gasteiger partial charge in [-0.3, -0.25) is 0 Å². The van der Waals surface area contributed by atoms with Crippen molar-refractivity contribution in [1.29, 1.82) is 0 Å². The van der Waals surface area contributed by atoms with Crippen LogP contribution in [0.25, 0.3) is 0 Å². The zero-order valence-electron chi connectivity index (χ0n) is 9.93. The van der Waals surface area contributed by atoms with E-state index in [9.17, 15) is 0 Å². The summed E-state index contributed by atoms with van der Waals surface area (Å²) in [4.78, 5) is 7.46. The minimum absolute atomic E-state index is 0.453. The molecule has 0 bridgehead atoms. The van der Waals surface area contributed by atoms with E-state index in [1.165, 1.54) is 25.0 Å². The standard InChI is InChI=1S/C12H21N3/c1-9-13-7-10(15-9)8-14-11-5-4-6-12(11,2)3/h7,11,14H,4-6,8H2,1-3H3,(H,13,15). The summed E-state index contributed by atoms with van der Waals surface area (Å²) in [6.07, 6.45) is 5.92. The lowest BCUT2D eigenvalue weighted by atomic mass is 9.87. The number of imidazole rings is 1. The topological polar surface area (TPSA) is 40.7 Å². The lowest BCUT2D eigenvalue weighted by Gasteiger charge is -2.27. The van der Waals surface area contributed by atoms with Gasteiger partial charge in [0.15, 0.2) is 0 Å². The highest BCUT2D eigenvalue weighted by Gasteiger charge is 2.33. The van der Waals surface area contributed by atoms with Crippen molar-refractivity contribution in [3.63, 3.8) is 0 Å². The van der Waals surface area contributed by atoms with Gasteiger partial charge in [-0.1, -0.05) is 20.3 Å². The van der Waals surface area contributed by atoms with Crippen LogP contribution < -0.4 is 5.32 Å². The number of aromatic amines is 1. The molecule has 0 saturated heterocycles.